The van der Waals surface area contributed by atoms with Gasteiger partial charge >= 0.3 is 0 Å². The summed E-state index contributed by atoms with van der Waals surface area (Å²) in [5.74, 6) is 1.81. The minimum atomic E-state index is 0.0478. The molecule has 1 aromatic heterocycles. The van der Waals surface area contributed by atoms with Crippen LogP contribution in [-0.4, -0.2) is 43.1 Å². The largest absolute Gasteiger partial charge is 0.497 e. The van der Waals surface area contributed by atoms with Crippen molar-refractivity contribution >= 4 is 5.91 Å². The molecule has 31 heavy (non-hydrogen) atoms. The summed E-state index contributed by atoms with van der Waals surface area (Å²) in [5.41, 5.74) is 4.97. The fourth-order valence-corrected chi connectivity index (χ4v) is 4.20. The maximum absolute atomic E-state index is 13.1. The lowest BCUT2D eigenvalue weighted by Crippen LogP contribution is -2.39. The summed E-state index contributed by atoms with van der Waals surface area (Å²) in [6.45, 7) is 3.47. The molecule has 1 saturated heterocycles. The molecule has 2 heterocycles. The number of rotatable bonds is 5. The number of nitrogens with zero attached hydrogens (tertiary/aromatic N) is 2. The van der Waals surface area contributed by atoms with E-state index in [2.05, 4.69) is 24.3 Å². The quantitative estimate of drug-likeness (QED) is 0.581. The van der Waals surface area contributed by atoms with Crippen molar-refractivity contribution in [1.82, 2.24) is 9.88 Å². The molecule has 0 N–H and O–H groups in total. The summed E-state index contributed by atoms with van der Waals surface area (Å²) >= 11 is 0. The number of hydrogen-bond donors (Lipinski definition) is 0. The first kappa shape index (κ1) is 20.9. The normalized spacial score (nSPS) is 16.1. The van der Waals surface area contributed by atoms with Gasteiger partial charge in [0.2, 0.25) is 0 Å². The molecule has 4 rings (SSSR count). The van der Waals surface area contributed by atoms with Crippen LogP contribution in [0.3, 0.4) is 0 Å². The maximum atomic E-state index is 13.1. The molecular weight excluding hydrogens is 388 g/mol. The number of piperidine rings is 1. The minimum Gasteiger partial charge on any atom is -0.497 e. The monoisotopic (exact) mass is 416 g/mol. The lowest BCUT2D eigenvalue weighted by Gasteiger charge is -2.33. The van der Waals surface area contributed by atoms with Gasteiger partial charge in [-0.2, -0.15) is 0 Å². The molecule has 0 radical (unpaired) electrons. The highest BCUT2D eigenvalue weighted by Gasteiger charge is 2.27. The van der Waals surface area contributed by atoms with Gasteiger partial charge in [0.1, 0.15) is 11.5 Å². The first-order chi connectivity index (χ1) is 15.1. The number of ether oxygens (including phenoxy) is 2. The first-order valence-electron chi connectivity index (χ1n) is 10.6. The Hall–Kier alpha value is -3.34. The molecule has 0 bridgehead atoms. The SMILES string of the molecule is COc1ccc(-c2cc(C)nc(C3CCCN(C(=O)c4cccc(OC)c4)C3)c2)cc1. The van der Waals surface area contributed by atoms with Crippen molar-refractivity contribution in [3.8, 4) is 22.6 Å². The molecular formula is C26H28N2O3. The summed E-state index contributed by atoms with van der Waals surface area (Å²) in [5, 5.41) is 0. The van der Waals surface area contributed by atoms with Gasteiger partial charge in [-0.05, 0) is 73.4 Å². The van der Waals surface area contributed by atoms with E-state index in [0.29, 0.717) is 17.9 Å². The maximum Gasteiger partial charge on any atom is 0.254 e. The Kier molecular flexibility index (Phi) is 6.21. The molecule has 3 aromatic rings. The van der Waals surface area contributed by atoms with Gasteiger partial charge in [0.25, 0.3) is 5.91 Å². The van der Waals surface area contributed by atoms with Crippen LogP contribution in [0.25, 0.3) is 11.1 Å². The number of likely N-dealkylation sites (tertiary alicyclic amines) is 1. The van der Waals surface area contributed by atoms with Gasteiger partial charge in [-0.3, -0.25) is 9.78 Å². The third-order valence-corrected chi connectivity index (χ3v) is 5.84. The number of benzene rings is 2. The molecule has 1 unspecified atom stereocenters. The topological polar surface area (TPSA) is 51.7 Å². The number of amides is 1. The zero-order valence-electron chi connectivity index (χ0n) is 18.3. The molecule has 5 nitrogen and oxygen atoms in total. The number of aromatic nitrogens is 1. The second kappa shape index (κ2) is 9.21. The van der Waals surface area contributed by atoms with Gasteiger partial charge in [-0.15, -0.1) is 0 Å². The Morgan fingerprint density at radius 2 is 1.74 bits per heavy atom. The van der Waals surface area contributed by atoms with Crippen LogP contribution in [0.4, 0.5) is 0 Å². The van der Waals surface area contributed by atoms with Crippen molar-refractivity contribution in [3.05, 3.63) is 77.6 Å². The number of carbonyl (C=O) groups is 1. The first-order valence-corrected chi connectivity index (χ1v) is 10.6. The molecule has 1 amide bonds. The van der Waals surface area contributed by atoms with E-state index in [1.165, 1.54) is 0 Å². The van der Waals surface area contributed by atoms with E-state index in [-0.39, 0.29) is 11.8 Å². The summed E-state index contributed by atoms with van der Waals surface area (Å²) in [4.78, 5) is 19.9. The zero-order chi connectivity index (χ0) is 21.8. The summed E-state index contributed by atoms with van der Waals surface area (Å²) in [6.07, 6.45) is 1.99. The van der Waals surface area contributed by atoms with E-state index in [9.17, 15) is 4.79 Å². The van der Waals surface area contributed by atoms with Gasteiger partial charge in [-0.25, -0.2) is 0 Å². The highest BCUT2D eigenvalue weighted by molar-refractivity contribution is 5.94. The molecule has 5 heteroatoms. The molecule has 1 aliphatic heterocycles. The number of aryl methyl sites for hydroxylation is 1. The standard InChI is InChI=1S/C26H28N2O3/c1-18-14-22(19-9-11-23(30-2)12-10-19)16-25(27-18)21-7-5-13-28(17-21)26(29)20-6-4-8-24(15-20)31-3/h4,6,8-12,14-16,21H,5,7,13,17H2,1-3H3. The van der Waals surface area contributed by atoms with E-state index in [1.54, 1.807) is 20.3 Å². The second-order valence-corrected chi connectivity index (χ2v) is 7.97. The molecule has 0 aliphatic carbocycles. The Balaban J connectivity index is 1.56. The van der Waals surface area contributed by atoms with Crippen LogP contribution in [0.15, 0.2) is 60.7 Å². The summed E-state index contributed by atoms with van der Waals surface area (Å²) in [7, 11) is 3.29. The van der Waals surface area contributed by atoms with Crippen LogP contribution in [0.1, 0.15) is 40.5 Å². The Labute approximate surface area is 183 Å². The third kappa shape index (κ3) is 4.71. The zero-order valence-corrected chi connectivity index (χ0v) is 18.3. The summed E-state index contributed by atoms with van der Waals surface area (Å²) in [6, 6.07) is 19.7. The van der Waals surface area contributed by atoms with Crippen molar-refractivity contribution in [2.75, 3.05) is 27.3 Å². The van der Waals surface area contributed by atoms with Crippen molar-refractivity contribution in [3.63, 3.8) is 0 Å². The van der Waals surface area contributed by atoms with Gasteiger partial charge in [0.15, 0.2) is 0 Å². The number of pyridine rings is 1. The molecule has 1 atom stereocenters. The number of methoxy groups -OCH3 is 2. The highest BCUT2D eigenvalue weighted by Crippen LogP contribution is 2.31. The van der Waals surface area contributed by atoms with Crippen molar-refractivity contribution in [2.24, 2.45) is 0 Å². The predicted octanol–water partition coefficient (Wildman–Crippen LogP) is 5.09. The van der Waals surface area contributed by atoms with Gasteiger partial charge < -0.3 is 14.4 Å². The molecule has 0 spiro atoms. The van der Waals surface area contributed by atoms with Gasteiger partial charge in [0, 0.05) is 36.0 Å². The van der Waals surface area contributed by atoms with E-state index in [0.717, 1.165) is 47.7 Å². The van der Waals surface area contributed by atoms with E-state index in [1.807, 2.05) is 42.2 Å². The average Bonchev–Trinajstić information content (AvgIpc) is 2.83. The van der Waals surface area contributed by atoms with E-state index in [4.69, 9.17) is 14.5 Å². The van der Waals surface area contributed by atoms with Crippen LogP contribution in [-0.2, 0) is 0 Å². The highest BCUT2D eigenvalue weighted by atomic mass is 16.5. The average molecular weight is 417 g/mol. The smallest absolute Gasteiger partial charge is 0.254 e. The lowest BCUT2D eigenvalue weighted by atomic mass is 9.91. The second-order valence-electron chi connectivity index (χ2n) is 7.97. The molecule has 1 fully saturated rings. The van der Waals surface area contributed by atoms with Crippen LogP contribution in [0.5, 0.6) is 11.5 Å². The van der Waals surface area contributed by atoms with E-state index < -0.39 is 0 Å². The predicted molar refractivity (Wildman–Crippen MR) is 122 cm³/mol. The lowest BCUT2D eigenvalue weighted by molar-refractivity contribution is 0.0705. The van der Waals surface area contributed by atoms with Crippen LogP contribution < -0.4 is 9.47 Å². The fraction of sp³-hybridized carbons (Fsp3) is 0.308. The van der Waals surface area contributed by atoms with E-state index >= 15 is 0 Å². The van der Waals surface area contributed by atoms with Gasteiger partial charge in [-0.1, -0.05) is 18.2 Å². The Morgan fingerprint density at radius 3 is 2.48 bits per heavy atom. The molecule has 2 aromatic carbocycles. The molecule has 1 aliphatic rings. The number of hydrogen-bond acceptors (Lipinski definition) is 4. The van der Waals surface area contributed by atoms with Crippen LogP contribution >= 0.6 is 0 Å². The van der Waals surface area contributed by atoms with Crippen LogP contribution in [0, 0.1) is 6.92 Å². The van der Waals surface area contributed by atoms with Crippen molar-refractivity contribution in [2.45, 2.75) is 25.7 Å². The van der Waals surface area contributed by atoms with Crippen molar-refractivity contribution in [1.29, 1.82) is 0 Å². The van der Waals surface area contributed by atoms with Crippen molar-refractivity contribution < 1.29 is 14.3 Å². The third-order valence-electron chi connectivity index (χ3n) is 5.84. The number of carbonyl (C=O) groups excluding carboxylic acids is 1. The minimum absolute atomic E-state index is 0.0478. The Morgan fingerprint density at radius 1 is 0.968 bits per heavy atom. The van der Waals surface area contributed by atoms with Crippen LogP contribution in [0.2, 0.25) is 0 Å². The summed E-state index contributed by atoms with van der Waals surface area (Å²) < 4.78 is 10.6. The van der Waals surface area contributed by atoms with Gasteiger partial charge in [0.05, 0.1) is 14.2 Å². The molecule has 0 saturated carbocycles. The Bertz CT molecular complexity index is 1060. The fourth-order valence-electron chi connectivity index (χ4n) is 4.20. The molecule has 160 valence electrons.